The van der Waals surface area contributed by atoms with Gasteiger partial charge in [0, 0.05) is 18.0 Å². The number of carbonyl (C=O) groups is 1. The topological polar surface area (TPSA) is 70.8 Å². The Labute approximate surface area is 98.5 Å². The number of nitrogens with zero attached hydrogens (tertiary/aromatic N) is 3. The van der Waals surface area contributed by atoms with Crippen LogP contribution in [0.3, 0.4) is 0 Å². The largest absolute Gasteiger partial charge is 0.545 e. The maximum atomic E-state index is 12.3. The van der Waals surface area contributed by atoms with Crippen molar-refractivity contribution in [3.8, 4) is 5.82 Å². The van der Waals surface area contributed by atoms with Gasteiger partial charge in [-0.15, -0.1) is 0 Å². The fraction of sp³-hybridized carbons (Fsp3) is 0.100. The first-order valence-electron chi connectivity index (χ1n) is 4.67. The predicted octanol–water partition coefficient (Wildman–Crippen LogP) is 0.650. The predicted molar refractivity (Wildman–Crippen MR) is 50.7 cm³/mol. The molecule has 2 aromatic rings. The molecule has 8 heteroatoms. The Morgan fingerprint density at radius 3 is 2.44 bits per heavy atom. The second-order valence-electron chi connectivity index (χ2n) is 3.36. The van der Waals surface area contributed by atoms with Crippen LogP contribution in [-0.2, 0) is 6.18 Å². The fourth-order valence-electron chi connectivity index (χ4n) is 1.24. The van der Waals surface area contributed by atoms with E-state index in [1.165, 1.54) is 0 Å². The fourth-order valence-corrected chi connectivity index (χ4v) is 1.24. The molecule has 0 radical (unpaired) electrons. The number of pyridine rings is 1. The van der Waals surface area contributed by atoms with Crippen LogP contribution in [0.25, 0.3) is 5.82 Å². The van der Waals surface area contributed by atoms with Crippen molar-refractivity contribution >= 4 is 5.97 Å². The maximum Gasteiger partial charge on any atom is 0.417 e. The van der Waals surface area contributed by atoms with Crippen LogP contribution in [0.2, 0.25) is 0 Å². The summed E-state index contributed by atoms with van der Waals surface area (Å²) >= 11 is 0. The van der Waals surface area contributed by atoms with E-state index in [0.29, 0.717) is 6.20 Å². The van der Waals surface area contributed by atoms with Crippen molar-refractivity contribution in [2.45, 2.75) is 6.18 Å². The lowest BCUT2D eigenvalue weighted by molar-refractivity contribution is -0.255. The van der Waals surface area contributed by atoms with E-state index in [0.717, 1.165) is 29.2 Å². The average molecular weight is 256 g/mol. The van der Waals surface area contributed by atoms with Crippen molar-refractivity contribution in [1.82, 2.24) is 14.8 Å². The van der Waals surface area contributed by atoms with Crippen LogP contribution in [0.4, 0.5) is 13.2 Å². The lowest BCUT2D eigenvalue weighted by Gasteiger charge is -2.06. The van der Waals surface area contributed by atoms with E-state index in [1.807, 2.05) is 0 Å². The Balaban J connectivity index is 2.31. The first-order chi connectivity index (χ1) is 8.38. The molecular formula is C10H5F3N3O2-. The molecule has 0 saturated carbocycles. The number of halogens is 3. The highest BCUT2D eigenvalue weighted by atomic mass is 19.4. The van der Waals surface area contributed by atoms with E-state index < -0.39 is 17.7 Å². The zero-order valence-corrected chi connectivity index (χ0v) is 8.68. The third kappa shape index (κ3) is 2.31. The molecule has 0 aliphatic rings. The molecular weight excluding hydrogens is 251 g/mol. The minimum atomic E-state index is -4.47. The van der Waals surface area contributed by atoms with Gasteiger partial charge in [-0.3, -0.25) is 0 Å². The van der Waals surface area contributed by atoms with Gasteiger partial charge in [0.1, 0.15) is 0 Å². The molecule has 0 amide bonds. The average Bonchev–Trinajstić information content (AvgIpc) is 2.77. The monoisotopic (exact) mass is 256 g/mol. The van der Waals surface area contributed by atoms with Crippen LogP contribution < -0.4 is 5.11 Å². The molecule has 0 N–H and O–H groups in total. The molecule has 2 heterocycles. The van der Waals surface area contributed by atoms with Crippen LogP contribution in [0, 0.1) is 0 Å². The van der Waals surface area contributed by atoms with Gasteiger partial charge >= 0.3 is 6.18 Å². The number of hydrogen-bond donors (Lipinski definition) is 0. The Hall–Kier alpha value is -2.38. The summed E-state index contributed by atoms with van der Waals surface area (Å²) in [5, 5.41) is 14.1. The summed E-state index contributed by atoms with van der Waals surface area (Å²) in [5.41, 5.74) is -1.07. The van der Waals surface area contributed by atoms with E-state index in [-0.39, 0.29) is 11.4 Å². The first kappa shape index (κ1) is 12.1. The number of carboxylic acids is 1. The van der Waals surface area contributed by atoms with Crippen molar-refractivity contribution in [2.24, 2.45) is 0 Å². The molecule has 94 valence electrons. The van der Waals surface area contributed by atoms with Crippen LogP contribution >= 0.6 is 0 Å². The van der Waals surface area contributed by atoms with Gasteiger partial charge in [-0.1, -0.05) is 0 Å². The normalized spacial score (nSPS) is 11.5. The number of alkyl halides is 3. The molecule has 2 aromatic heterocycles. The van der Waals surface area contributed by atoms with E-state index in [9.17, 15) is 23.1 Å². The molecule has 0 aliphatic carbocycles. The molecule has 0 bridgehead atoms. The van der Waals surface area contributed by atoms with Crippen LogP contribution in [-0.4, -0.2) is 20.7 Å². The van der Waals surface area contributed by atoms with Crippen molar-refractivity contribution in [2.75, 3.05) is 0 Å². The van der Waals surface area contributed by atoms with Crippen LogP contribution in [0.5, 0.6) is 0 Å². The van der Waals surface area contributed by atoms with Crippen LogP contribution in [0.15, 0.2) is 30.7 Å². The highest BCUT2D eigenvalue weighted by Crippen LogP contribution is 2.28. The van der Waals surface area contributed by atoms with E-state index >= 15 is 0 Å². The Bertz CT molecular complexity index is 575. The highest BCUT2D eigenvalue weighted by molar-refractivity contribution is 5.85. The highest BCUT2D eigenvalue weighted by Gasteiger charge is 2.30. The van der Waals surface area contributed by atoms with Gasteiger partial charge in [0.2, 0.25) is 0 Å². The summed E-state index contributed by atoms with van der Waals surface area (Å²) in [7, 11) is 0. The molecule has 0 aromatic carbocycles. The standard InChI is InChI=1S/C10H6F3N3O2/c11-10(12,13)7-1-2-8(14-4-7)16-5-6(3-15-16)9(17)18/h1-5H,(H,17,18)/p-1. The summed E-state index contributed by atoms with van der Waals surface area (Å²) in [4.78, 5) is 14.1. The van der Waals surface area contributed by atoms with Crippen molar-refractivity contribution < 1.29 is 23.1 Å². The molecule has 0 aliphatic heterocycles. The molecule has 0 saturated heterocycles. The summed E-state index contributed by atoms with van der Waals surface area (Å²) in [6.45, 7) is 0. The number of carbonyl (C=O) groups excluding carboxylic acids is 1. The lowest BCUT2D eigenvalue weighted by Crippen LogP contribution is -2.21. The number of aromatic nitrogens is 3. The smallest absolute Gasteiger partial charge is 0.417 e. The quantitative estimate of drug-likeness (QED) is 0.790. The van der Waals surface area contributed by atoms with Gasteiger partial charge in [0.05, 0.1) is 17.7 Å². The van der Waals surface area contributed by atoms with Gasteiger partial charge in [0.25, 0.3) is 0 Å². The van der Waals surface area contributed by atoms with Crippen LogP contribution in [0.1, 0.15) is 15.9 Å². The summed E-state index contributed by atoms with van der Waals surface area (Å²) in [6.07, 6.45) is -1.69. The minimum absolute atomic E-state index is 0.0792. The van der Waals surface area contributed by atoms with E-state index in [1.54, 1.807) is 0 Å². The summed E-state index contributed by atoms with van der Waals surface area (Å²) < 4.78 is 37.9. The minimum Gasteiger partial charge on any atom is -0.545 e. The lowest BCUT2D eigenvalue weighted by atomic mass is 10.3. The number of rotatable bonds is 2. The Morgan fingerprint density at radius 1 is 1.28 bits per heavy atom. The molecule has 0 spiro atoms. The second kappa shape index (κ2) is 4.13. The number of carboxylic acid groups (broad SMARTS) is 1. The van der Waals surface area contributed by atoms with Gasteiger partial charge in [0.15, 0.2) is 5.82 Å². The third-order valence-corrected chi connectivity index (χ3v) is 2.13. The van der Waals surface area contributed by atoms with E-state index in [4.69, 9.17) is 0 Å². The zero-order chi connectivity index (χ0) is 13.3. The number of aromatic carboxylic acids is 1. The Morgan fingerprint density at radius 2 is 2.00 bits per heavy atom. The zero-order valence-electron chi connectivity index (χ0n) is 8.68. The summed E-state index contributed by atoms with van der Waals surface area (Å²) in [6, 6.07) is 1.93. The maximum absolute atomic E-state index is 12.3. The second-order valence-corrected chi connectivity index (χ2v) is 3.36. The Kier molecular flexibility index (Phi) is 2.77. The molecule has 0 fully saturated rings. The molecule has 2 rings (SSSR count). The number of hydrogen-bond acceptors (Lipinski definition) is 4. The first-order valence-corrected chi connectivity index (χ1v) is 4.67. The van der Waals surface area contributed by atoms with Gasteiger partial charge in [-0.05, 0) is 12.1 Å². The summed E-state index contributed by atoms with van der Waals surface area (Å²) in [5.74, 6) is -1.34. The van der Waals surface area contributed by atoms with E-state index in [2.05, 4.69) is 10.1 Å². The van der Waals surface area contributed by atoms with Gasteiger partial charge in [-0.2, -0.15) is 18.3 Å². The van der Waals surface area contributed by atoms with Gasteiger partial charge < -0.3 is 9.90 Å². The SMILES string of the molecule is O=C([O-])c1cnn(-c2ccc(C(F)(F)F)cn2)c1. The van der Waals surface area contributed by atoms with Crippen molar-refractivity contribution in [3.63, 3.8) is 0 Å². The van der Waals surface area contributed by atoms with Crippen molar-refractivity contribution in [1.29, 1.82) is 0 Å². The molecule has 18 heavy (non-hydrogen) atoms. The third-order valence-electron chi connectivity index (χ3n) is 2.13. The van der Waals surface area contributed by atoms with Gasteiger partial charge in [-0.25, -0.2) is 9.67 Å². The molecule has 0 unspecified atom stereocenters. The molecule has 0 atom stereocenters. The molecule has 5 nitrogen and oxygen atoms in total. The van der Waals surface area contributed by atoms with Crippen molar-refractivity contribution in [3.05, 3.63) is 41.9 Å².